The van der Waals surface area contributed by atoms with Crippen molar-refractivity contribution >= 4 is 46.8 Å². The van der Waals surface area contributed by atoms with Crippen molar-refractivity contribution in [2.45, 2.75) is 59.7 Å². The van der Waals surface area contributed by atoms with E-state index in [-0.39, 0.29) is 24.2 Å². The number of carbonyl (C=O) groups is 4. The molecule has 0 saturated carbocycles. The van der Waals surface area contributed by atoms with Gasteiger partial charge in [0, 0.05) is 35.4 Å². The smallest absolute Gasteiger partial charge is 0.412 e. The highest BCUT2D eigenvalue weighted by Gasteiger charge is 2.17. The number of rotatable bonds is 7. The summed E-state index contributed by atoms with van der Waals surface area (Å²) in [6, 6.07) is 15.1. The van der Waals surface area contributed by atoms with E-state index in [9.17, 15) is 19.2 Å². The number of anilines is 4. The third-order valence-electron chi connectivity index (χ3n) is 4.95. The summed E-state index contributed by atoms with van der Waals surface area (Å²) < 4.78 is 20.1. The maximum absolute atomic E-state index is 12.0. The van der Waals surface area contributed by atoms with Gasteiger partial charge in [-0.2, -0.15) is 0 Å². The van der Waals surface area contributed by atoms with Gasteiger partial charge in [0.25, 0.3) is 5.91 Å². The van der Waals surface area contributed by atoms with Crippen LogP contribution >= 0.6 is 0 Å². The molecule has 3 aromatic rings. The quantitative estimate of drug-likeness (QED) is 0.232. The number of aryl methyl sites for hydroxylation is 1. The molecule has 4 N–H and O–H groups in total. The lowest BCUT2D eigenvalue weighted by Gasteiger charge is -2.19. The van der Waals surface area contributed by atoms with E-state index in [2.05, 4.69) is 21.3 Å². The number of carbonyl (C=O) groups excluding carboxylic acids is 4. The summed E-state index contributed by atoms with van der Waals surface area (Å²) in [4.78, 5) is 46.6. The van der Waals surface area contributed by atoms with Gasteiger partial charge in [-0.15, -0.1) is 0 Å². The minimum Gasteiger partial charge on any atom is -0.459 e. The maximum atomic E-state index is 12.0. The lowest BCUT2D eigenvalue weighted by Crippen LogP contribution is -2.27. The summed E-state index contributed by atoms with van der Waals surface area (Å²) in [6.45, 7) is 12.6. The van der Waals surface area contributed by atoms with E-state index < -0.39 is 23.4 Å². The van der Waals surface area contributed by atoms with Gasteiger partial charge in [-0.25, -0.2) is 9.59 Å². The molecule has 43 heavy (non-hydrogen) atoms. The molecule has 1 heterocycles. The van der Waals surface area contributed by atoms with Crippen LogP contribution in [0.5, 0.6) is 0 Å². The molecular weight excluding hydrogens is 556 g/mol. The van der Waals surface area contributed by atoms with Crippen LogP contribution in [0.25, 0.3) is 0 Å². The maximum Gasteiger partial charge on any atom is 0.412 e. The second kappa shape index (κ2) is 15.4. The lowest BCUT2D eigenvalue weighted by molar-refractivity contribution is -0.119. The molecule has 12 nitrogen and oxygen atoms in total. The van der Waals surface area contributed by atoms with Crippen LogP contribution in [0.3, 0.4) is 0 Å². The van der Waals surface area contributed by atoms with Crippen LogP contribution in [0, 0.1) is 6.92 Å². The van der Waals surface area contributed by atoms with Gasteiger partial charge in [0.2, 0.25) is 5.91 Å². The number of hydrogen-bond acceptors (Lipinski definition) is 8. The van der Waals surface area contributed by atoms with Crippen LogP contribution < -0.4 is 21.3 Å². The normalized spacial score (nSPS) is 10.9. The van der Waals surface area contributed by atoms with Crippen molar-refractivity contribution < 1.29 is 37.8 Å². The molecule has 0 radical (unpaired) electrons. The van der Waals surface area contributed by atoms with Crippen molar-refractivity contribution in [3.8, 4) is 0 Å². The van der Waals surface area contributed by atoms with E-state index in [1.165, 1.54) is 13.4 Å². The fourth-order valence-corrected chi connectivity index (χ4v) is 3.24. The Balaban J connectivity index is 0.000000304. The van der Waals surface area contributed by atoms with Crippen LogP contribution in [0.4, 0.5) is 32.3 Å². The van der Waals surface area contributed by atoms with Crippen molar-refractivity contribution in [3.63, 3.8) is 0 Å². The summed E-state index contributed by atoms with van der Waals surface area (Å²) in [5, 5.41) is 10.6. The zero-order valence-electron chi connectivity index (χ0n) is 25.7. The standard InChI is InChI=1S/C17H20N2O4.C14H20N2O4/c1-11-9-10-22-14(11)15(20)18-12-5-7-13(8-6-12)19-16(21)23-17(2,3)4;1-14(2,3)20-13(18)16-11-7-5-10(6-8-11)15-12(17)9-19-4/h5-10H,1-4H3,(H,18,20)(H,19,21);5-8H,9H2,1-4H3,(H,15,17)(H,16,18). The van der Waals surface area contributed by atoms with E-state index in [0.717, 1.165) is 5.56 Å². The molecule has 0 unspecified atom stereocenters. The number of methoxy groups -OCH3 is 1. The second-order valence-corrected chi connectivity index (χ2v) is 11.3. The fourth-order valence-electron chi connectivity index (χ4n) is 3.24. The first-order valence-corrected chi connectivity index (χ1v) is 13.4. The van der Waals surface area contributed by atoms with Crippen LogP contribution in [0.2, 0.25) is 0 Å². The van der Waals surface area contributed by atoms with Crippen molar-refractivity contribution in [2.75, 3.05) is 35.0 Å². The van der Waals surface area contributed by atoms with Gasteiger partial charge in [0.1, 0.15) is 17.8 Å². The summed E-state index contributed by atoms with van der Waals surface area (Å²) >= 11 is 0. The molecule has 0 fully saturated rings. The third kappa shape index (κ3) is 13.6. The van der Waals surface area contributed by atoms with Crippen molar-refractivity contribution in [3.05, 3.63) is 72.2 Å². The lowest BCUT2D eigenvalue weighted by atomic mass is 10.2. The zero-order chi connectivity index (χ0) is 32.2. The van der Waals surface area contributed by atoms with Gasteiger partial charge in [-0.05, 0) is 103 Å². The van der Waals surface area contributed by atoms with Crippen LogP contribution in [0.15, 0.2) is 65.3 Å². The Morgan fingerprint density at radius 1 is 0.651 bits per heavy atom. The van der Waals surface area contributed by atoms with Gasteiger partial charge >= 0.3 is 12.2 Å². The molecule has 232 valence electrons. The van der Waals surface area contributed by atoms with E-state index in [4.69, 9.17) is 18.6 Å². The molecule has 0 saturated heterocycles. The van der Waals surface area contributed by atoms with Crippen molar-refractivity contribution in [2.24, 2.45) is 0 Å². The highest BCUT2D eigenvalue weighted by atomic mass is 16.6. The molecule has 4 amide bonds. The van der Waals surface area contributed by atoms with Gasteiger partial charge in [-0.3, -0.25) is 20.2 Å². The predicted molar refractivity (Wildman–Crippen MR) is 165 cm³/mol. The van der Waals surface area contributed by atoms with Crippen LogP contribution in [0.1, 0.15) is 57.7 Å². The average molecular weight is 597 g/mol. The summed E-state index contributed by atoms with van der Waals surface area (Å²) in [7, 11) is 1.45. The van der Waals surface area contributed by atoms with Gasteiger partial charge in [0.05, 0.1) is 6.26 Å². The van der Waals surface area contributed by atoms with E-state index in [1.54, 1.807) is 103 Å². The van der Waals surface area contributed by atoms with Gasteiger partial charge < -0.3 is 29.3 Å². The Morgan fingerprint density at radius 2 is 1.05 bits per heavy atom. The molecule has 1 aromatic heterocycles. The Kier molecular flexibility index (Phi) is 12.3. The number of ether oxygens (including phenoxy) is 3. The Bertz CT molecular complexity index is 1370. The minimum absolute atomic E-state index is 0.00207. The molecule has 0 atom stereocenters. The molecule has 12 heteroatoms. The molecule has 0 bridgehead atoms. The molecule has 0 aliphatic heterocycles. The summed E-state index contributed by atoms with van der Waals surface area (Å²) in [5.41, 5.74) is 2.06. The van der Waals surface area contributed by atoms with Crippen molar-refractivity contribution in [1.29, 1.82) is 0 Å². The van der Waals surface area contributed by atoms with Gasteiger partial charge in [0.15, 0.2) is 5.76 Å². The average Bonchev–Trinajstić information content (AvgIpc) is 3.30. The summed E-state index contributed by atoms with van der Waals surface area (Å²) in [6.07, 6.45) is 0.423. The highest BCUT2D eigenvalue weighted by Crippen LogP contribution is 2.18. The van der Waals surface area contributed by atoms with E-state index in [1.807, 2.05) is 0 Å². The molecule has 2 aromatic carbocycles. The topological polar surface area (TPSA) is 157 Å². The second-order valence-electron chi connectivity index (χ2n) is 11.3. The third-order valence-corrected chi connectivity index (χ3v) is 4.95. The molecule has 3 rings (SSSR count). The Morgan fingerprint density at radius 3 is 1.40 bits per heavy atom. The fraction of sp³-hybridized carbons (Fsp3) is 0.355. The molecule has 0 aliphatic rings. The van der Waals surface area contributed by atoms with E-state index in [0.29, 0.717) is 22.7 Å². The SMILES string of the molecule is COCC(=O)Nc1ccc(NC(=O)OC(C)(C)C)cc1.Cc1ccoc1C(=O)Nc1ccc(NC(=O)OC(C)(C)C)cc1. The predicted octanol–water partition coefficient (Wildman–Crippen LogP) is 6.81. The molecule has 0 aliphatic carbocycles. The van der Waals surface area contributed by atoms with Crippen LogP contribution in [-0.4, -0.2) is 48.9 Å². The highest BCUT2D eigenvalue weighted by molar-refractivity contribution is 6.03. The van der Waals surface area contributed by atoms with Gasteiger partial charge in [-0.1, -0.05) is 0 Å². The first-order valence-electron chi connectivity index (χ1n) is 13.4. The number of amides is 4. The Hall–Kier alpha value is -4.84. The van der Waals surface area contributed by atoms with E-state index >= 15 is 0 Å². The van der Waals surface area contributed by atoms with Crippen molar-refractivity contribution in [1.82, 2.24) is 0 Å². The molecular formula is C31H40N4O8. The number of hydrogen-bond donors (Lipinski definition) is 4. The number of benzene rings is 2. The first kappa shape index (κ1) is 34.4. The number of nitrogens with one attached hydrogen (secondary N) is 4. The largest absolute Gasteiger partial charge is 0.459 e. The number of furan rings is 1. The zero-order valence-corrected chi connectivity index (χ0v) is 25.7. The summed E-state index contributed by atoms with van der Waals surface area (Å²) in [5.74, 6) is -0.276. The first-order chi connectivity index (χ1) is 20.0. The van der Waals surface area contributed by atoms with Crippen LogP contribution in [-0.2, 0) is 19.0 Å². The molecule has 0 spiro atoms. The monoisotopic (exact) mass is 596 g/mol. The minimum atomic E-state index is -0.557. The Labute approximate surface area is 251 Å².